The van der Waals surface area contributed by atoms with Crippen molar-refractivity contribution in [3.8, 4) is 0 Å². The summed E-state index contributed by atoms with van der Waals surface area (Å²) in [5.41, 5.74) is 6.71. The van der Waals surface area contributed by atoms with E-state index in [1.165, 1.54) is 31.7 Å². The fourth-order valence-electron chi connectivity index (χ4n) is 2.65. The summed E-state index contributed by atoms with van der Waals surface area (Å²) in [6.07, 6.45) is 5.13. The zero-order chi connectivity index (χ0) is 13.1. The lowest BCUT2D eigenvalue weighted by Crippen LogP contribution is -2.23. The predicted octanol–water partition coefficient (Wildman–Crippen LogP) is 3.17. The Morgan fingerprint density at radius 1 is 1.44 bits per heavy atom. The van der Waals surface area contributed by atoms with Crippen LogP contribution >= 0.6 is 0 Å². The summed E-state index contributed by atoms with van der Waals surface area (Å²) in [6, 6.07) is 5.20. The van der Waals surface area contributed by atoms with Gasteiger partial charge < -0.3 is 11.1 Å². The van der Waals surface area contributed by atoms with Crippen molar-refractivity contribution in [2.45, 2.75) is 38.6 Å². The summed E-state index contributed by atoms with van der Waals surface area (Å²) in [5.74, 6) is 0.696. The van der Waals surface area contributed by atoms with E-state index in [9.17, 15) is 10.1 Å². The second-order valence-electron chi connectivity index (χ2n) is 5.01. The van der Waals surface area contributed by atoms with Crippen molar-refractivity contribution < 1.29 is 4.92 Å². The molecule has 0 radical (unpaired) electrons. The van der Waals surface area contributed by atoms with Crippen molar-refractivity contribution >= 4 is 17.1 Å². The van der Waals surface area contributed by atoms with Crippen molar-refractivity contribution in [2.75, 3.05) is 11.1 Å². The molecule has 2 rings (SSSR count). The predicted molar refractivity (Wildman–Crippen MR) is 72.6 cm³/mol. The zero-order valence-electron chi connectivity index (χ0n) is 10.6. The highest BCUT2D eigenvalue weighted by atomic mass is 16.6. The Hall–Kier alpha value is -1.78. The van der Waals surface area contributed by atoms with Crippen molar-refractivity contribution in [1.29, 1.82) is 0 Å². The van der Waals surface area contributed by atoms with E-state index in [4.69, 9.17) is 5.73 Å². The minimum atomic E-state index is -0.459. The molecule has 0 saturated heterocycles. The van der Waals surface area contributed by atoms with E-state index in [2.05, 4.69) is 12.2 Å². The maximum absolute atomic E-state index is 10.7. The Labute approximate surface area is 107 Å². The number of hydrogen-bond donors (Lipinski definition) is 2. The highest BCUT2D eigenvalue weighted by Gasteiger charge is 2.21. The van der Waals surface area contributed by atoms with E-state index >= 15 is 0 Å². The highest BCUT2D eigenvalue weighted by Crippen LogP contribution is 2.30. The molecule has 1 aromatic rings. The van der Waals surface area contributed by atoms with Gasteiger partial charge in [0.1, 0.15) is 5.69 Å². The smallest absolute Gasteiger partial charge is 0.292 e. The average Bonchev–Trinajstić information content (AvgIpc) is 2.81. The summed E-state index contributed by atoms with van der Waals surface area (Å²) in [6.45, 7) is 2.16. The van der Waals surface area contributed by atoms with Gasteiger partial charge in [-0.05, 0) is 37.8 Å². The molecule has 0 amide bonds. The van der Waals surface area contributed by atoms with Crippen LogP contribution in [0.25, 0.3) is 0 Å². The lowest BCUT2D eigenvalue weighted by molar-refractivity contribution is -0.383. The second-order valence-corrected chi connectivity index (χ2v) is 5.01. The van der Waals surface area contributed by atoms with Crippen LogP contribution in [0, 0.1) is 16.0 Å². The number of nitro benzene ring substituents is 1. The van der Waals surface area contributed by atoms with E-state index < -0.39 is 4.92 Å². The number of hydrogen-bond acceptors (Lipinski definition) is 4. The first-order chi connectivity index (χ1) is 8.58. The van der Waals surface area contributed by atoms with Crippen LogP contribution in [0.4, 0.5) is 17.1 Å². The average molecular weight is 249 g/mol. The zero-order valence-corrected chi connectivity index (χ0v) is 10.6. The summed E-state index contributed by atoms with van der Waals surface area (Å²) in [7, 11) is 0. The molecule has 0 aromatic heterocycles. The molecular weight excluding hydrogens is 230 g/mol. The number of nitro groups is 1. The van der Waals surface area contributed by atoms with E-state index in [1.807, 2.05) is 0 Å². The number of nitrogens with one attached hydrogen (secondary N) is 1. The molecule has 1 atom stereocenters. The van der Waals surface area contributed by atoms with Gasteiger partial charge in [0.05, 0.1) is 4.92 Å². The van der Waals surface area contributed by atoms with Crippen LogP contribution in [0.5, 0.6) is 0 Å². The number of nitrogens with zero attached hydrogens (tertiary/aromatic N) is 1. The Morgan fingerprint density at radius 3 is 2.67 bits per heavy atom. The molecule has 1 aliphatic rings. The van der Waals surface area contributed by atoms with Crippen LogP contribution < -0.4 is 11.1 Å². The third-order valence-electron chi connectivity index (χ3n) is 3.73. The Bertz CT molecular complexity index is 442. The maximum atomic E-state index is 10.7. The van der Waals surface area contributed by atoms with E-state index in [1.54, 1.807) is 12.1 Å². The summed E-state index contributed by atoms with van der Waals surface area (Å²) >= 11 is 0. The monoisotopic (exact) mass is 249 g/mol. The van der Waals surface area contributed by atoms with Crippen LogP contribution in [0.3, 0.4) is 0 Å². The molecule has 1 aliphatic carbocycles. The van der Waals surface area contributed by atoms with Gasteiger partial charge >= 0.3 is 0 Å². The maximum Gasteiger partial charge on any atom is 0.292 e. The summed E-state index contributed by atoms with van der Waals surface area (Å²) in [4.78, 5) is 10.2. The molecule has 1 saturated carbocycles. The van der Waals surface area contributed by atoms with E-state index in [-0.39, 0.29) is 11.4 Å². The van der Waals surface area contributed by atoms with Crippen LogP contribution in [0.2, 0.25) is 0 Å². The topological polar surface area (TPSA) is 81.2 Å². The fraction of sp³-hybridized carbons (Fsp3) is 0.538. The van der Waals surface area contributed by atoms with Gasteiger partial charge in [0.15, 0.2) is 0 Å². The molecule has 1 unspecified atom stereocenters. The largest absolute Gasteiger partial charge is 0.393 e. The van der Waals surface area contributed by atoms with Crippen LogP contribution in [-0.4, -0.2) is 11.0 Å². The van der Waals surface area contributed by atoms with Gasteiger partial charge in [-0.1, -0.05) is 12.8 Å². The molecule has 1 fully saturated rings. The lowest BCUT2D eigenvalue weighted by Gasteiger charge is -2.21. The number of benzene rings is 1. The second kappa shape index (κ2) is 5.25. The van der Waals surface area contributed by atoms with Crippen molar-refractivity contribution in [2.24, 2.45) is 5.92 Å². The van der Waals surface area contributed by atoms with Gasteiger partial charge in [-0.3, -0.25) is 10.1 Å². The molecule has 1 aromatic carbocycles. The van der Waals surface area contributed by atoms with E-state index in [0.29, 0.717) is 12.0 Å². The molecule has 0 aliphatic heterocycles. The SMILES string of the molecule is CC(Nc1ccc([N+](=O)[O-])c(N)c1)C1CCCC1. The van der Waals surface area contributed by atoms with Gasteiger partial charge in [0, 0.05) is 17.8 Å². The summed E-state index contributed by atoms with van der Waals surface area (Å²) < 4.78 is 0. The normalized spacial score (nSPS) is 17.6. The first-order valence-corrected chi connectivity index (χ1v) is 6.38. The fourth-order valence-corrected chi connectivity index (χ4v) is 2.65. The molecular formula is C13H19N3O2. The molecule has 0 spiro atoms. The first-order valence-electron chi connectivity index (χ1n) is 6.38. The minimum absolute atomic E-state index is 0.0333. The number of nitrogens with two attached hydrogens (primary N) is 1. The molecule has 3 N–H and O–H groups in total. The summed E-state index contributed by atoms with van der Waals surface area (Å²) in [5, 5.41) is 14.1. The Morgan fingerprint density at radius 2 is 2.11 bits per heavy atom. The number of rotatable bonds is 4. The Kier molecular flexibility index (Phi) is 3.69. The first kappa shape index (κ1) is 12.7. The highest BCUT2D eigenvalue weighted by molar-refractivity contribution is 5.66. The molecule has 98 valence electrons. The van der Waals surface area contributed by atoms with Crippen LogP contribution in [0.15, 0.2) is 18.2 Å². The van der Waals surface area contributed by atoms with Gasteiger partial charge in [0.25, 0.3) is 5.69 Å². The van der Waals surface area contributed by atoms with Crippen molar-refractivity contribution in [3.63, 3.8) is 0 Å². The number of nitrogen functional groups attached to an aromatic ring is 1. The van der Waals surface area contributed by atoms with Crippen LogP contribution in [-0.2, 0) is 0 Å². The third-order valence-corrected chi connectivity index (χ3v) is 3.73. The molecule has 5 heteroatoms. The van der Waals surface area contributed by atoms with E-state index in [0.717, 1.165) is 5.69 Å². The van der Waals surface area contributed by atoms with Crippen molar-refractivity contribution in [1.82, 2.24) is 0 Å². The van der Waals surface area contributed by atoms with Gasteiger partial charge in [0.2, 0.25) is 0 Å². The van der Waals surface area contributed by atoms with Gasteiger partial charge in [-0.25, -0.2) is 0 Å². The molecule has 0 heterocycles. The molecule has 0 bridgehead atoms. The minimum Gasteiger partial charge on any atom is -0.393 e. The van der Waals surface area contributed by atoms with Crippen molar-refractivity contribution in [3.05, 3.63) is 28.3 Å². The molecule has 5 nitrogen and oxygen atoms in total. The quantitative estimate of drug-likeness (QED) is 0.488. The lowest BCUT2D eigenvalue weighted by atomic mass is 9.99. The third kappa shape index (κ3) is 2.72. The molecule has 18 heavy (non-hydrogen) atoms. The van der Waals surface area contributed by atoms with Crippen LogP contribution in [0.1, 0.15) is 32.6 Å². The number of anilines is 2. The van der Waals surface area contributed by atoms with Gasteiger partial charge in [-0.15, -0.1) is 0 Å². The Balaban J connectivity index is 2.05. The standard InChI is InChI=1S/C13H19N3O2/c1-9(10-4-2-3-5-10)15-11-6-7-13(16(17)18)12(14)8-11/h6-10,15H,2-5,14H2,1H3. The van der Waals surface area contributed by atoms with Gasteiger partial charge in [-0.2, -0.15) is 0 Å².